The summed E-state index contributed by atoms with van der Waals surface area (Å²) >= 11 is 13.8. The van der Waals surface area contributed by atoms with Gasteiger partial charge in [0.2, 0.25) is 15.9 Å². The van der Waals surface area contributed by atoms with E-state index in [9.17, 15) is 13.2 Å². The normalized spacial score (nSPS) is 15.9. The molecule has 2 aromatic rings. The smallest absolute Gasteiger partial charge is 0.246 e. The summed E-state index contributed by atoms with van der Waals surface area (Å²) in [6, 6.07) is 8.70. The van der Waals surface area contributed by atoms with E-state index in [1.165, 1.54) is 21.3 Å². The predicted molar refractivity (Wildman–Crippen MR) is 109 cm³/mol. The van der Waals surface area contributed by atoms with Crippen molar-refractivity contribution in [2.75, 3.05) is 26.2 Å². The topological polar surface area (TPSA) is 57.7 Å². The Labute approximate surface area is 173 Å². The third-order valence-corrected chi connectivity index (χ3v) is 8.29. The van der Waals surface area contributed by atoms with Gasteiger partial charge in [-0.15, -0.1) is 11.3 Å². The minimum Gasteiger partial charge on any atom is -0.340 e. The molecule has 3 rings (SSSR count). The minimum atomic E-state index is -3.79. The lowest BCUT2D eigenvalue weighted by atomic mass is 10.2. The Morgan fingerprint density at radius 2 is 1.70 bits per heavy atom. The van der Waals surface area contributed by atoms with Crippen molar-refractivity contribution in [3.63, 3.8) is 0 Å². The van der Waals surface area contributed by atoms with E-state index in [4.69, 9.17) is 23.2 Å². The second kappa shape index (κ2) is 8.92. The molecule has 1 aromatic heterocycles. The van der Waals surface area contributed by atoms with Crippen LogP contribution in [0.1, 0.15) is 17.7 Å². The van der Waals surface area contributed by atoms with Crippen LogP contribution < -0.4 is 0 Å². The van der Waals surface area contributed by atoms with Crippen molar-refractivity contribution in [2.45, 2.75) is 24.2 Å². The first kappa shape index (κ1) is 20.6. The first-order chi connectivity index (χ1) is 12.9. The zero-order valence-electron chi connectivity index (χ0n) is 14.6. The first-order valence-electron chi connectivity index (χ1n) is 8.64. The van der Waals surface area contributed by atoms with Gasteiger partial charge in [-0.1, -0.05) is 35.3 Å². The Bertz CT molecular complexity index is 873. The van der Waals surface area contributed by atoms with Crippen molar-refractivity contribution in [1.29, 1.82) is 0 Å². The number of hydrogen-bond donors (Lipinski definition) is 0. The number of halogens is 2. The molecule has 0 unspecified atom stereocenters. The molecule has 1 fully saturated rings. The van der Waals surface area contributed by atoms with Gasteiger partial charge in [0.05, 0.1) is 10.0 Å². The van der Waals surface area contributed by atoms with E-state index in [0.717, 1.165) is 12.8 Å². The molecule has 1 aromatic carbocycles. The monoisotopic (exact) mass is 446 g/mol. The number of amides is 1. The number of carbonyl (C=O) groups excluding carboxylic acids is 1. The maximum absolute atomic E-state index is 12.9. The summed E-state index contributed by atoms with van der Waals surface area (Å²) in [5, 5.41) is 2.24. The average molecular weight is 447 g/mol. The van der Waals surface area contributed by atoms with Crippen LogP contribution in [0, 0.1) is 0 Å². The zero-order chi connectivity index (χ0) is 19.4. The van der Waals surface area contributed by atoms with Gasteiger partial charge in [0.25, 0.3) is 0 Å². The molecule has 1 saturated heterocycles. The molecular formula is C18H20Cl2N2O3S2. The standard InChI is InChI=1S/C18H20Cl2N2O3S2/c19-15-6-2-7-16(20)18(15)27(24,25)22-11-9-21(10-12-22)17(23)8-1-4-14-5-3-13-26-14/h2-3,5-7,13H,1,4,8-12H2. The van der Waals surface area contributed by atoms with Crippen LogP contribution >= 0.6 is 34.5 Å². The fourth-order valence-electron chi connectivity index (χ4n) is 3.06. The summed E-state index contributed by atoms with van der Waals surface area (Å²) < 4.78 is 27.1. The third-order valence-electron chi connectivity index (χ3n) is 4.50. The Hall–Kier alpha value is -1.12. The molecule has 0 N–H and O–H groups in total. The van der Waals surface area contributed by atoms with Crippen LogP contribution in [0.15, 0.2) is 40.6 Å². The summed E-state index contributed by atoms with van der Waals surface area (Å²) in [5.74, 6) is 0.0689. The number of thiophene rings is 1. The number of benzene rings is 1. The summed E-state index contributed by atoms with van der Waals surface area (Å²) in [6.45, 7) is 1.22. The molecule has 0 aliphatic carbocycles. The van der Waals surface area contributed by atoms with Crippen molar-refractivity contribution in [2.24, 2.45) is 0 Å². The van der Waals surface area contributed by atoms with Crippen molar-refractivity contribution in [1.82, 2.24) is 9.21 Å². The van der Waals surface area contributed by atoms with Gasteiger partial charge < -0.3 is 4.90 Å². The molecular weight excluding hydrogens is 427 g/mol. The number of aryl methyl sites for hydroxylation is 1. The van der Waals surface area contributed by atoms with Gasteiger partial charge in [-0.25, -0.2) is 8.42 Å². The van der Waals surface area contributed by atoms with Gasteiger partial charge in [-0.3, -0.25) is 4.79 Å². The number of hydrogen-bond acceptors (Lipinski definition) is 4. The summed E-state index contributed by atoms with van der Waals surface area (Å²) in [5.41, 5.74) is 0. The Kier molecular flexibility index (Phi) is 6.81. The molecule has 1 aliphatic rings. The molecule has 2 heterocycles. The molecule has 0 bridgehead atoms. The van der Waals surface area contributed by atoms with Gasteiger partial charge in [-0.2, -0.15) is 4.31 Å². The lowest BCUT2D eigenvalue weighted by Crippen LogP contribution is -2.50. The highest BCUT2D eigenvalue weighted by Crippen LogP contribution is 2.31. The second-order valence-electron chi connectivity index (χ2n) is 6.27. The molecule has 1 amide bonds. The number of carbonyl (C=O) groups is 1. The van der Waals surface area contributed by atoms with E-state index in [1.54, 1.807) is 22.3 Å². The van der Waals surface area contributed by atoms with Gasteiger partial charge in [0.1, 0.15) is 4.90 Å². The maximum Gasteiger partial charge on any atom is 0.246 e. The highest BCUT2D eigenvalue weighted by atomic mass is 35.5. The average Bonchev–Trinajstić information content (AvgIpc) is 3.15. The van der Waals surface area contributed by atoms with Crippen molar-refractivity contribution >= 4 is 50.5 Å². The predicted octanol–water partition coefficient (Wildman–Crippen LogP) is 3.91. The SMILES string of the molecule is O=C(CCCc1cccs1)N1CCN(S(=O)(=O)c2c(Cl)cccc2Cl)CC1. The highest BCUT2D eigenvalue weighted by molar-refractivity contribution is 7.89. The quantitative estimate of drug-likeness (QED) is 0.675. The molecule has 146 valence electrons. The summed E-state index contributed by atoms with van der Waals surface area (Å²) in [7, 11) is -3.79. The fraction of sp³-hybridized carbons (Fsp3) is 0.389. The number of sulfonamides is 1. The molecule has 27 heavy (non-hydrogen) atoms. The van der Waals surface area contributed by atoms with Crippen LogP contribution in [0.2, 0.25) is 10.0 Å². The van der Waals surface area contributed by atoms with Crippen molar-refractivity contribution in [3.8, 4) is 0 Å². The summed E-state index contributed by atoms with van der Waals surface area (Å²) in [6.07, 6.45) is 2.16. The minimum absolute atomic E-state index is 0.0657. The Morgan fingerprint density at radius 1 is 1.04 bits per heavy atom. The molecule has 0 radical (unpaired) electrons. The maximum atomic E-state index is 12.9. The highest BCUT2D eigenvalue weighted by Gasteiger charge is 2.32. The van der Waals surface area contributed by atoms with Crippen LogP contribution in [0.25, 0.3) is 0 Å². The van der Waals surface area contributed by atoms with E-state index in [2.05, 4.69) is 6.07 Å². The van der Waals surface area contributed by atoms with E-state index >= 15 is 0 Å². The lowest BCUT2D eigenvalue weighted by Gasteiger charge is -2.34. The van der Waals surface area contributed by atoms with E-state index in [-0.39, 0.29) is 33.9 Å². The largest absolute Gasteiger partial charge is 0.340 e. The van der Waals surface area contributed by atoms with Crippen molar-refractivity contribution < 1.29 is 13.2 Å². The molecule has 9 heteroatoms. The van der Waals surface area contributed by atoms with Crippen LogP contribution in [0.5, 0.6) is 0 Å². The molecule has 0 saturated carbocycles. The zero-order valence-corrected chi connectivity index (χ0v) is 17.8. The van der Waals surface area contributed by atoms with E-state index in [1.807, 2.05) is 11.4 Å². The van der Waals surface area contributed by atoms with Gasteiger partial charge >= 0.3 is 0 Å². The molecule has 0 spiro atoms. The van der Waals surface area contributed by atoms with Gasteiger partial charge in [-0.05, 0) is 36.4 Å². The Morgan fingerprint density at radius 3 is 2.30 bits per heavy atom. The summed E-state index contributed by atoms with van der Waals surface area (Å²) in [4.78, 5) is 15.3. The molecule has 1 aliphatic heterocycles. The van der Waals surface area contributed by atoms with Crippen LogP contribution in [-0.2, 0) is 21.2 Å². The van der Waals surface area contributed by atoms with Gasteiger partial charge in [0, 0.05) is 37.5 Å². The van der Waals surface area contributed by atoms with Crippen molar-refractivity contribution in [3.05, 3.63) is 50.6 Å². The second-order valence-corrected chi connectivity index (χ2v) is 9.99. The molecule has 0 atom stereocenters. The number of piperazine rings is 1. The lowest BCUT2D eigenvalue weighted by molar-refractivity contribution is -0.132. The number of nitrogens with zero attached hydrogens (tertiary/aromatic N) is 2. The fourth-order valence-corrected chi connectivity index (χ4v) is 6.33. The van der Waals surface area contributed by atoms with Crippen LogP contribution in [-0.4, -0.2) is 49.7 Å². The van der Waals surface area contributed by atoms with Crippen LogP contribution in [0.4, 0.5) is 0 Å². The van der Waals surface area contributed by atoms with Crippen LogP contribution in [0.3, 0.4) is 0 Å². The van der Waals surface area contributed by atoms with Gasteiger partial charge in [0.15, 0.2) is 0 Å². The van der Waals surface area contributed by atoms with E-state index in [0.29, 0.717) is 19.5 Å². The Balaban J connectivity index is 1.55. The number of rotatable bonds is 6. The van der Waals surface area contributed by atoms with E-state index < -0.39 is 10.0 Å². The first-order valence-corrected chi connectivity index (χ1v) is 11.7. The third kappa shape index (κ3) is 4.84. The molecule has 5 nitrogen and oxygen atoms in total.